The van der Waals surface area contributed by atoms with E-state index in [0.29, 0.717) is 25.6 Å². The Labute approximate surface area is 101 Å². The van der Waals surface area contributed by atoms with Crippen LogP contribution in [0.15, 0.2) is 6.07 Å². The first-order valence-corrected chi connectivity index (χ1v) is 5.38. The number of hydrogen-bond acceptors (Lipinski definition) is 7. The largest absolute Gasteiger partial charge is 0.395 e. The van der Waals surface area contributed by atoms with Crippen LogP contribution in [0.4, 0.5) is 11.8 Å². The molecule has 0 unspecified atom stereocenters. The van der Waals surface area contributed by atoms with E-state index in [1.165, 1.54) is 0 Å². The molecule has 4 N–H and O–H groups in total. The minimum absolute atomic E-state index is 0.0537. The normalized spacial score (nSPS) is 10.4. The molecule has 0 saturated heterocycles. The number of ether oxygens (including phenoxy) is 1. The van der Waals surface area contributed by atoms with Gasteiger partial charge in [0.15, 0.2) is 0 Å². The van der Waals surface area contributed by atoms with Crippen molar-refractivity contribution in [1.29, 1.82) is 0 Å². The zero-order chi connectivity index (χ0) is 12.7. The molecule has 0 aliphatic carbocycles. The Morgan fingerprint density at radius 1 is 1.47 bits per heavy atom. The van der Waals surface area contributed by atoms with E-state index in [4.69, 9.17) is 15.7 Å². The number of hydrogen-bond donors (Lipinski definition) is 3. The highest BCUT2D eigenvalue weighted by molar-refractivity contribution is 5.44. The van der Waals surface area contributed by atoms with Crippen molar-refractivity contribution in [1.82, 2.24) is 9.97 Å². The van der Waals surface area contributed by atoms with Gasteiger partial charge in [-0.2, -0.15) is 4.98 Å². The Hall–Kier alpha value is -1.44. The summed E-state index contributed by atoms with van der Waals surface area (Å²) in [5.41, 5.74) is 3.23. The van der Waals surface area contributed by atoms with Crippen LogP contribution in [0.3, 0.4) is 0 Å². The molecular formula is C10H19N5O2. The van der Waals surface area contributed by atoms with Crippen molar-refractivity contribution in [3.05, 3.63) is 11.8 Å². The molecule has 7 nitrogen and oxygen atoms in total. The predicted octanol–water partition coefficient (Wildman–Crippen LogP) is -0.484. The molecule has 0 atom stereocenters. The molecule has 1 heterocycles. The SMILES string of the molecule is COCCN(CCO)c1cc(C)nc(NN)n1. The van der Waals surface area contributed by atoms with Gasteiger partial charge >= 0.3 is 0 Å². The van der Waals surface area contributed by atoms with Crippen LogP contribution in [0.1, 0.15) is 5.69 Å². The number of nitrogen functional groups attached to an aromatic ring is 1. The van der Waals surface area contributed by atoms with E-state index >= 15 is 0 Å². The minimum Gasteiger partial charge on any atom is -0.395 e. The second-order valence-corrected chi connectivity index (χ2v) is 3.54. The number of methoxy groups -OCH3 is 1. The summed E-state index contributed by atoms with van der Waals surface area (Å²) in [6.07, 6.45) is 0. The third-order valence-electron chi connectivity index (χ3n) is 2.23. The van der Waals surface area contributed by atoms with Gasteiger partial charge in [0, 0.05) is 32.0 Å². The van der Waals surface area contributed by atoms with Gasteiger partial charge in [-0.1, -0.05) is 0 Å². The Morgan fingerprint density at radius 3 is 2.82 bits per heavy atom. The minimum atomic E-state index is 0.0537. The molecular weight excluding hydrogens is 222 g/mol. The lowest BCUT2D eigenvalue weighted by atomic mass is 10.4. The number of anilines is 2. The van der Waals surface area contributed by atoms with E-state index in [-0.39, 0.29) is 6.61 Å². The molecule has 0 aliphatic rings. The van der Waals surface area contributed by atoms with Crippen molar-refractivity contribution in [3.8, 4) is 0 Å². The highest BCUT2D eigenvalue weighted by Crippen LogP contribution is 2.13. The summed E-state index contributed by atoms with van der Waals surface area (Å²) in [5.74, 6) is 6.37. The molecule has 96 valence electrons. The Balaban J connectivity index is 2.87. The van der Waals surface area contributed by atoms with Gasteiger partial charge < -0.3 is 14.7 Å². The van der Waals surface area contributed by atoms with Gasteiger partial charge in [-0.15, -0.1) is 0 Å². The molecule has 7 heteroatoms. The second kappa shape index (κ2) is 7.00. The van der Waals surface area contributed by atoms with Gasteiger partial charge in [0.1, 0.15) is 5.82 Å². The topological polar surface area (TPSA) is 96.5 Å². The number of nitrogens with two attached hydrogens (primary N) is 1. The zero-order valence-corrected chi connectivity index (χ0v) is 10.2. The molecule has 0 saturated carbocycles. The molecule has 1 aromatic rings. The molecule has 1 rings (SSSR count). The summed E-state index contributed by atoms with van der Waals surface area (Å²) in [7, 11) is 1.63. The van der Waals surface area contributed by atoms with Crippen molar-refractivity contribution in [2.75, 3.05) is 43.7 Å². The summed E-state index contributed by atoms with van der Waals surface area (Å²) in [6, 6.07) is 1.84. The number of nitrogens with one attached hydrogen (secondary N) is 1. The van der Waals surface area contributed by atoms with Crippen LogP contribution < -0.4 is 16.2 Å². The Bertz CT molecular complexity index is 347. The molecule has 0 bridgehead atoms. The summed E-state index contributed by atoms with van der Waals surface area (Å²) < 4.78 is 5.02. The van der Waals surface area contributed by atoms with Crippen LogP contribution in [-0.4, -0.2) is 48.5 Å². The molecule has 0 spiro atoms. The zero-order valence-electron chi connectivity index (χ0n) is 10.2. The molecule has 0 fully saturated rings. The fraction of sp³-hybridized carbons (Fsp3) is 0.600. The van der Waals surface area contributed by atoms with Crippen molar-refractivity contribution in [2.45, 2.75) is 6.92 Å². The maximum Gasteiger partial charge on any atom is 0.239 e. The first-order valence-electron chi connectivity index (χ1n) is 5.38. The van der Waals surface area contributed by atoms with Crippen molar-refractivity contribution in [2.24, 2.45) is 5.84 Å². The summed E-state index contributed by atoms with van der Waals surface area (Å²) >= 11 is 0. The van der Waals surface area contributed by atoms with Gasteiger partial charge in [0.25, 0.3) is 0 Å². The third-order valence-corrected chi connectivity index (χ3v) is 2.23. The van der Waals surface area contributed by atoms with E-state index in [2.05, 4.69) is 15.4 Å². The Morgan fingerprint density at radius 2 is 2.24 bits per heavy atom. The van der Waals surface area contributed by atoms with Gasteiger partial charge in [0.05, 0.1) is 13.2 Å². The smallest absolute Gasteiger partial charge is 0.239 e. The highest BCUT2D eigenvalue weighted by atomic mass is 16.5. The summed E-state index contributed by atoms with van der Waals surface area (Å²) in [6.45, 7) is 3.62. The molecule has 0 amide bonds. The summed E-state index contributed by atoms with van der Waals surface area (Å²) in [4.78, 5) is 10.3. The number of aromatic nitrogens is 2. The maximum atomic E-state index is 9.03. The fourth-order valence-corrected chi connectivity index (χ4v) is 1.44. The lowest BCUT2D eigenvalue weighted by Gasteiger charge is -2.22. The van der Waals surface area contributed by atoms with Crippen molar-refractivity contribution >= 4 is 11.8 Å². The van der Waals surface area contributed by atoms with E-state index in [1.807, 2.05) is 17.9 Å². The van der Waals surface area contributed by atoms with Crippen LogP contribution in [0.5, 0.6) is 0 Å². The number of hydrazine groups is 1. The molecule has 0 aromatic carbocycles. The quantitative estimate of drug-likeness (QED) is 0.438. The monoisotopic (exact) mass is 241 g/mol. The van der Waals surface area contributed by atoms with Gasteiger partial charge in [-0.25, -0.2) is 10.8 Å². The second-order valence-electron chi connectivity index (χ2n) is 3.54. The fourth-order valence-electron chi connectivity index (χ4n) is 1.44. The molecule has 17 heavy (non-hydrogen) atoms. The number of aryl methyl sites for hydroxylation is 1. The lowest BCUT2D eigenvalue weighted by molar-refractivity contribution is 0.202. The van der Waals surface area contributed by atoms with Crippen LogP contribution in [0.2, 0.25) is 0 Å². The molecule has 0 radical (unpaired) electrons. The van der Waals surface area contributed by atoms with Crippen LogP contribution in [-0.2, 0) is 4.74 Å². The van der Waals surface area contributed by atoms with Crippen LogP contribution in [0, 0.1) is 6.92 Å². The molecule has 0 aliphatic heterocycles. The van der Waals surface area contributed by atoms with E-state index < -0.39 is 0 Å². The Kier molecular flexibility index (Phi) is 5.61. The van der Waals surface area contributed by atoms with Gasteiger partial charge in [0.2, 0.25) is 5.95 Å². The van der Waals surface area contributed by atoms with Crippen molar-refractivity contribution in [3.63, 3.8) is 0 Å². The first kappa shape index (κ1) is 13.6. The highest BCUT2D eigenvalue weighted by Gasteiger charge is 2.09. The van der Waals surface area contributed by atoms with Crippen molar-refractivity contribution < 1.29 is 9.84 Å². The molecule has 1 aromatic heterocycles. The van der Waals surface area contributed by atoms with Crippen LogP contribution in [0.25, 0.3) is 0 Å². The van der Waals surface area contributed by atoms with E-state index in [9.17, 15) is 0 Å². The number of aliphatic hydroxyl groups excluding tert-OH is 1. The van der Waals surface area contributed by atoms with E-state index in [1.54, 1.807) is 7.11 Å². The third kappa shape index (κ3) is 4.14. The number of rotatable bonds is 7. The standard InChI is InChI=1S/C10H19N5O2/c1-8-7-9(13-10(12-8)14-11)15(3-5-16)4-6-17-2/h7,16H,3-6,11H2,1-2H3,(H,12,13,14). The first-order chi connectivity index (χ1) is 8.21. The number of nitrogens with zero attached hydrogens (tertiary/aromatic N) is 3. The average Bonchev–Trinajstić information content (AvgIpc) is 2.33. The number of aliphatic hydroxyl groups is 1. The van der Waals surface area contributed by atoms with Gasteiger partial charge in [-0.05, 0) is 6.92 Å². The summed E-state index contributed by atoms with van der Waals surface area (Å²) in [5, 5.41) is 9.03. The lowest BCUT2D eigenvalue weighted by Crippen LogP contribution is -2.31. The maximum absolute atomic E-state index is 9.03. The van der Waals surface area contributed by atoms with E-state index in [0.717, 1.165) is 11.5 Å². The average molecular weight is 241 g/mol. The predicted molar refractivity (Wildman–Crippen MR) is 65.8 cm³/mol. The van der Waals surface area contributed by atoms with Gasteiger partial charge in [-0.3, -0.25) is 5.43 Å². The van der Waals surface area contributed by atoms with Crippen LogP contribution >= 0.6 is 0 Å².